The number of hydrogen-bond donors (Lipinski definition) is 2. The molecule has 1 fully saturated rings. The van der Waals surface area contributed by atoms with Crippen LogP contribution in [0.3, 0.4) is 0 Å². The Morgan fingerprint density at radius 1 is 1.41 bits per heavy atom. The molecule has 1 atom stereocenters. The minimum Gasteiger partial charge on any atom is -0.379 e. The van der Waals surface area contributed by atoms with Gasteiger partial charge in [0.15, 0.2) is 5.84 Å². The molecule has 2 heterocycles. The third-order valence-corrected chi connectivity index (χ3v) is 4.88. The van der Waals surface area contributed by atoms with Crippen LogP contribution >= 0.6 is 11.6 Å². The fraction of sp³-hybridized carbons (Fsp3) is 0.400. The van der Waals surface area contributed by atoms with Crippen LogP contribution in [0.5, 0.6) is 0 Å². The van der Waals surface area contributed by atoms with E-state index in [4.69, 9.17) is 21.3 Å². The van der Waals surface area contributed by atoms with Crippen molar-refractivity contribution in [2.45, 2.75) is 19.9 Å². The topological polar surface area (TPSA) is 64.5 Å². The number of ether oxygens (including phenoxy) is 1. The van der Waals surface area contributed by atoms with E-state index < -0.39 is 5.82 Å². The minimum atomic E-state index is -0.406. The Labute approximate surface area is 175 Å². The molecule has 9 heteroatoms. The number of amidine groups is 1. The molecule has 2 aliphatic rings. The zero-order valence-corrected chi connectivity index (χ0v) is 17.4. The number of hydrazone groups is 1. The molecule has 0 aliphatic carbocycles. The van der Waals surface area contributed by atoms with Crippen molar-refractivity contribution in [3.05, 3.63) is 53.3 Å². The Bertz CT molecular complexity index is 834. The lowest BCUT2D eigenvalue weighted by molar-refractivity contribution is 0.0220. The second-order valence-corrected chi connectivity index (χ2v) is 7.20. The van der Waals surface area contributed by atoms with Crippen LogP contribution in [-0.2, 0) is 4.74 Å². The molecule has 2 aliphatic heterocycles. The highest BCUT2D eigenvalue weighted by molar-refractivity contribution is 6.30. The van der Waals surface area contributed by atoms with Crippen LogP contribution in [0.15, 0.2) is 52.6 Å². The van der Waals surface area contributed by atoms with Crippen molar-refractivity contribution < 1.29 is 9.13 Å². The molecule has 0 aromatic heterocycles. The number of morpholine rings is 1. The van der Waals surface area contributed by atoms with Crippen LogP contribution < -0.4 is 10.6 Å². The van der Waals surface area contributed by atoms with Crippen molar-refractivity contribution in [2.75, 3.05) is 38.2 Å². The van der Waals surface area contributed by atoms with Gasteiger partial charge in [0.25, 0.3) is 0 Å². The molecule has 0 amide bonds. The third-order valence-electron chi connectivity index (χ3n) is 4.64. The molecule has 2 N–H and O–H groups in total. The Kier molecular flexibility index (Phi) is 7.24. The first-order valence-corrected chi connectivity index (χ1v) is 9.90. The van der Waals surface area contributed by atoms with E-state index in [2.05, 4.69) is 34.1 Å². The number of aliphatic imine (C=N–C) groups is 1. The Balaban J connectivity index is 1.80. The van der Waals surface area contributed by atoms with Gasteiger partial charge in [-0.1, -0.05) is 18.2 Å². The van der Waals surface area contributed by atoms with Gasteiger partial charge in [-0.15, -0.1) is 0 Å². The average Bonchev–Trinajstić information content (AvgIpc) is 2.72. The molecule has 29 heavy (non-hydrogen) atoms. The van der Waals surface area contributed by atoms with Crippen molar-refractivity contribution in [3.63, 3.8) is 0 Å². The summed E-state index contributed by atoms with van der Waals surface area (Å²) in [7, 11) is 0. The van der Waals surface area contributed by atoms with Gasteiger partial charge in [-0.2, -0.15) is 5.10 Å². The van der Waals surface area contributed by atoms with Crippen LogP contribution in [0, 0.1) is 5.82 Å². The summed E-state index contributed by atoms with van der Waals surface area (Å²) >= 11 is 5.99. The van der Waals surface area contributed by atoms with E-state index in [-0.39, 0.29) is 11.7 Å². The molecule has 3 rings (SSSR count). The summed E-state index contributed by atoms with van der Waals surface area (Å²) in [6.45, 7) is 11.8. The van der Waals surface area contributed by atoms with Gasteiger partial charge in [0.1, 0.15) is 17.5 Å². The van der Waals surface area contributed by atoms with Gasteiger partial charge < -0.3 is 15.4 Å². The van der Waals surface area contributed by atoms with Gasteiger partial charge in [-0.25, -0.2) is 9.40 Å². The molecule has 1 saturated heterocycles. The predicted molar refractivity (Wildman–Crippen MR) is 116 cm³/mol. The first-order valence-electron chi connectivity index (χ1n) is 9.52. The van der Waals surface area contributed by atoms with E-state index >= 15 is 0 Å². The normalized spacial score (nSPS) is 20.7. The molecule has 0 radical (unpaired) electrons. The molecule has 7 nitrogen and oxygen atoms in total. The molecule has 0 saturated carbocycles. The monoisotopic (exact) mass is 420 g/mol. The molecular formula is C20H26ClFN6O. The minimum absolute atomic E-state index is 0.261. The lowest BCUT2D eigenvalue weighted by atomic mass is 10.2. The maximum Gasteiger partial charge on any atom is 0.154 e. The van der Waals surface area contributed by atoms with Crippen LogP contribution in [0.25, 0.3) is 0 Å². The maximum absolute atomic E-state index is 14.1. The van der Waals surface area contributed by atoms with Gasteiger partial charge in [0, 0.05) is 36.4 Å². The summed E-state index contributed by atoms with van der Waals surface area (Å²) in [5, 5.41) is 12.5. The number of rotatable bonds is 6. The number of halogens is 2. The quantitative estimate of drug-likeness (QED) is 0.692. The Morgan fingerprint density at radius 2 is 2.17 bits per heavy atom. The van der Waals surface area contributed by atoms with Gasteiger partial charge >= 0.3 is 0 Å². The van der Waals surface area contributed by atoms with Gasteiger partial charge in [-0.05, 0) is 32.0 Å². The number of nitrogens with zero attached hydrogens (tertiary/aromatic N) is 4. The smallest absolute Gasteiger partial charge is 0.154 e. The van der Waals surface area contributed by atoms with E-state index in [1.165, 1.54) is 18.2 Å². The first-order chi connectivity index (χ1) is 14.0. The summed E-state index contributed by atoms with van der Waals surface area (Å²) < 4.78 is 19.5. The zero-order valence-electron chi connectivity index (χ0n) is 16.7. The lowest BCUT2D eigenvalue weighted by Crippen LogP contribution is -2.44. The van der Waals surface area contributed by atoms with Crippen LogP contribution in [0.4, 0.5) is 10.1 Å². The molecule has 0 spiro atoms. The van der Waals surface area contributed by atoms with Crippen molar-refractivity contribution in [3.8, 4) is 0 Å². The van der Waals surface area contributed by atoms with Crippen LogP contribution in [0.2, 0.25) is 5.02 Å². The molecule has 1 unspecified atom stereocenters. The fourth-order valence-corrected chi connectivity index (χ4v) is 3.27. The lowest BCUT2D eigenvalue weighted by Gasteiger charge is -2.32. The van der Waals surface area contributed by atoms with Crippen LogP contribution in [-0.4, -0.2) is 60.8 Å². The second kappa shape index (κ2) is 9.87. The first kappa shape index (κ1) is 21.3. The fourth-order valence-electron chi connectivity index (χ4n) is 3.10. The number of benzene rings is 1. The second-order valence-electron chi connectivity index (χ2n) is 6.76. The van der Waals surface area contributed by atoms with Gasteiger partial charge in [0.05, 0.1) is 25.4 Å². The average molecular weight is 421 g/mol. The highest BCUT2D eigenvalue weighted by Gasteiger charge is 2.22. The third kappa shape index (κ3) is 5.56. The molecule has 1 aromatic rings. The molecule has 0 bridgehead atoms. The van der Waals surface area contributed by atoms with E-state index in [1.807, 2.05) is 6.92 Å². The molecule has 156 valence electrons. The van der Waals surface area contributed by atoms with E-state index in [0.29, 0.717) is 29.0 Å². The maximum atomic E-state index is 14.1. The molecule has 1 aromatic carbocycles. The zero-order chi connectivity index (χ0) is 20.8. The number of anilines is 1. The van der Waals surface area contributed by atoms with Gasteiger partial charge in [-0.3, -0.25) is 9.89 Å². The summed E-state index contributed by atoms with van der Waals surface area (Å²) in [4.78, 5) is 7.10. The summed E-state index contributed by atoms with van der Waals surface area (Å²) in [6, 6.07) is 4.60. The van der Waals surface area contributed by atoms with Gasteiger partial charge in [0.2, 0.25) is 0 Å². The Hall–Kier alpha value is -2.42. The van der Waals surface area contributed by atoms with E-state index in [0.717, 1.165) is 26.3 Å². The van der Waals surface area contributed by atoms with Crippen molar-refractivity contribution in [1.29, 1.82) is 0 Å². The van der Waals surface area contributed by atoms with E-state index in [9.17, 15) is 4.39 Å². The van der Waals surface area contributed by atoms with Crippen molar-refractivity contribution >= 4 is 29.3 Å². The van der Waals surface area contributed by atoms with Crippen molar-refractivity contribution in [2.24, 2.45) is 10.1 Å². The molecular weight excluding hydrogens is 395 g/mol. The largest absolute Gasteiger partial charge is 0.379 e. The summed E-state index contributed by atoms with van der Waals surface area (Å²) in [5.41, 5.74) is 0.262. The van der Waals surface area contributed by atoms with E-state index in [1.54, 1.807) is 17.3 Å². The highest BCUT2D eigenvalue weighted by atomic mass is 35.5. The Morgan fingerprint density at radius 3 is 2.90 bits per heavy atom. The number of hydrogen-bond acceptors (Lipinski definition) is 6. The number of nitrogens with one attached hydrogen (secondary N) is 2. The predicted octanol–water partition coefficient (Wildman–Crippen LogP) is 3.23. The standard InChI is InChI=1S/C20H26ClFN6O/c1-4-24-28-15(3)25-19(26-18-11-16(21)5-6-17(18)22)12-20(28)23-13-14(2)27-7-9-29-10-8-27/h4-6,11-12,14,25-26H,3,7-10,13H2,1-2H3/b23-20?,24-4-. The van der Waals surface area contributed by atoms with Crippen molar-refractivity contribution in [1.82, 2.24) is 15.2 Å². The SMILES string of the molecule is C=C1NC(Nc2cc(Cl)ccc2F)=CC(=NCC(C)N2CCOCC2)N1/N=C\C. The highest BCUT2D eigenvalue weighted by Crippen LogP contribution is 2.22. The summed E-state index contributed by atoms with van der Waals surface area (Å²) in [6.07, 6.45) is 3.44. The summed E-state index contributed by atoms with van der Waals surface area (Å²) in [5.74, 6) is 1.25. The van der Waals surface area contributed by atoms with Crippen LogP contribution in [0.1, 0.15) is 13.8 Å².